The fourth-order valence-electron chi connectivity index (χ4n) is 1.29. The van der Waals surface area contributed by atoms with Gasteiger partial charge in [0.15, 0.2) is 0 Å². The molecule has 0 fully saturated rings. The lowest BCUT2D eigenvalue weighted by Crippen LogP contribution is -2.24. The highest BCUT2D eigenvalue weighted by molar-refractivity contribution is 5.90. The first-order valence-electron chi connectivity index (χ1n) is 5.41. The molecule has 0 saturated heterocycles. The molecule has 0 aliphatic carbocycles. The van der Waals surface area contributed by atoms with E-state index in [1.54, 1.807) is 24.4 Å². The Hall–Kier alpha value is -2.69. The van der Waals surface area contributed by atoms with Crippen molar-refractivity contribution in [2.75, 3.05) is 5.32 Å². The highest BCUT2D eigenvalue weighted by Gasteiger charge is 1.97. The summed E-state index contributed by atoms with van der Waals surface area (Å²) in [6.07, 6.45) is 3.13. The summed E-state index contributed by atoms with van der Waals surface area (Å²) < 4.78 is 0. The van der Waals surface area contributed by atoms with Crippen LogP contribution in [0.2, 0.25) is 0 Å². The Morgan fingerprint density at radius 1 is 1.11 bits per heavy atom. The zero-order chi connectivity index (χ0) is 12.6. The van der Waals surface area contributed by atoms with Gasteiger partial charge in [-0.05, 0) is 24.3 Å². The Morgan fingerprint density at radius 2 is 1.89 bits per heavy atom. The van der Waals surface area contributed by atoms with E-state index in [2.05, 4.69) is 20.8 Å². The van der Waals surface area contributed by atoms with E-state index in [1.807, 2.05) is 30.3 Å². The number of hydrazone groups is 1. The smallest absolute Gasteiger partial charge is 0.307 e. The van der Waals surface area contributed by atoms with E-state index >= 15 is 0 Å². The Bertz CT molecular complexity index is 525. The number of benzene rings is 1. The van der Waals surface area contributed by atoms with Crippen LogP contribution in [-0.4, -0.2) is 17.2 Å². The first-order valence-corrected chi connectivity index (χ1v) is 5.41. The van der Waals surface area contributed by atoms with Crippen molar-refractivity contribution in [3.63, 3.8) is 0 Å². The number of hydrogen-bond donors (Lipinski definition) is 2. The van der Waals surface area contributed by atoms with Gasteiger partial charge in [-0.1, -0.05) is 24.3 Å². The first-order chi connectivity index (χ1) is 8.84. The van der Waals surface area contributed by atoms with Crippen LogP contribution in [0.4, 0.5) is 10.5 Å². The average molecular weight is 240 g/mol. The van der Waals surface area contributed by atoms with E-state index in [9.17, 15) is 4.79 Å². The molecular weight excluding hydrogens is 228 g/mol. The molecule has 0 aliphatic rings. The molecule has 5 nitrogen and oxygen atoms in total. The van der Waals surface area contributed by atoms with Gasteiger partial charge >= 0.3 is 6.03 Å². The Labute approximate surface area is 105 Å². The molecule has 0 unspecified atom stereocenters. The number of carbonyl (C=O) groups excluding carboxylic acids is 1. The van der Waals surface area contributed by atoms with E-state index in [0.29, 0.717) is 11.4 Å². The fourth-order valence-corrected chi connectivity index (χ4v) is 1.29. The van der Waals surface area contributed by atoms with Crippen molar-refractivity contribution in [3.05, 3.63) is 60.4 Å². The van der Waals surface area contributed by atoms with Gasteiger partial charge in [-0.25, -0.2) is 10.2 Å². The van der Waals surface area contributed by atoms with Crippen molar-refractivity contribution in [3.8, 4) is 0 Å². The highest BCUT2D eigenvalue weighted by Crippen LogP contribution is 2.03. The van der Waals surface area contributed by atoms with Crippen LogP contribution in [0.25, 0.3) is 0 Å². The number of rotatable bonds is 3. The molecule has 0 saturated carbocycles. The topological polar surface area (TPSA) is 66.4 Å². The number of anilines is 1. The molecule has 0 aliphatic heterocycles. The summed E-state index contributed by atoms with van der Waals surface area (Å²) in [6.45, 7) is 0. The van der Waals surface area contributed by atoms with Crippen LogP contribution in [0.1, 0.15) is 5.69 Å². The number of nitrogens with zero attached hydrogens (tertiary/aromatic N) is 2. The molecular formula is C13H12N4O. The SMILES string of the molecule is O=C(N/N=C/c1ccccn1)Nc1ccccc1. The van der Waals surface area contributed by atoms with Gasteiger partial charge in [0.1, 0.15) is 0 Å². The zero-order valence-corrected chi connectivity index (χ0v) is 9.58. The molecule has 0 bridgehead atoms. The predicted octanol–water partition coefficient (Wildman–Crippen LogP) is 2.24. The Balaban J connectivity index is 1.84. The maximum Gasteiger partial charge on any atom is 0.339 e. The molecule has 18 heavy (non-hydrogen) atoms. The molecule has 0 atom stereocenters. The summed E-state index contributed by atoms with van der Waals surface area (Å²) >= 11 is 0. The van der Waals surface area contributed by atoms with E-state index in [1.165, 1.54) is 6.21 Å². The predicted molar refractivity (Wildman–Crippen MR) is 70.4 cm³/mol. The number of para-hydroxylation sites is 1. The van der Waals surface area contributed by atoms with Crippen molar-refractivity contribution in [2.45, 2.75) is 0 Å². The van der Waals surface area contributed by atoms with Crippen molar-refractivity contribution < 1.29 is 4.79 Å². The molecule has 2 rings (SSSR count). The maximum atomic E-state index is 11.4. The van der Waals surface area contributed by atoms with E-state index < -0.39 is 6.03 Å². The summed E-state index contributed by atoms with van der Waals surface area (Å²) in [7, 11) is 0. The lowest BCUT2D eigenvalue weighted by Gasteiger charge is -2.02. The normalized spacial score (nSPS) is 10.2. The maximum absolute atomic E-state index is 11.4. The van der Waals surface area contributed by atoms with Gasteiger partial charge in [-0.2, -0.15) is 5.10 Å². The second-order valence-corrected chi connectivity index (χ2v) is 3.44. The minimum absolute atomic E-state index is 0.395. The number of aromatic nitrogens is 1. The van der Waals surface area contributed by atoms with Crippen LogP contribution in [-0.2, 0) is 0 Å². The van der Waals surface area contributed by atoms with E-state index in [-0.39, 0.29) is 0 Å². The van der Waals surface area contributed by atoms with Crippen LogP contribution >= 0.6 is 0 Å². The van der Waals surface area contributed by atoms with Gasteiger partial charge in [0.2, 0.25) is 0 Å². The third-order valence-electron chi connectivity index (χ3n) is 2.08. The zero-order valence-electron chi connectivity index (χ0n) is 9.58. The number of urea groups is 1. The van der Waals surface area contributed by atoms with Crippen LogP contribution < -0.4 is 10.7 Å². The largest absolute Gasteiger partial charge is 0.339 e. The quantitative estimate of drug-likeness (QED) is 0.638. The summed E-state index contributed by atoms with van der Waals surface area (Å²) in [6, 6.07) is 14.2. The minimum atomic E-state index is -0.395. The number of nitrogens with one attached hydrogen (secondary N) is 2. The van der Waals surface area contributed by atoms with Gasteiger partial charge in [0, 0.05) is 11.9 Å². The standard InChI is InChI=1S/C13H12N4O/c18-13(16-11-6-2-1-3-7-11)17-15-10-12-8-4-5-9-14-12/h1-10H,(H2,16,17,18)/b15-10+. The second-order valence-electron chi connectivity index (χ2n) is 3.44. The number of carbonyl (C=O) groups is 1. The second kappa shape index (κ2) is 6.15. The molecule has 5 heteroatoms. The fraction of sp³-hybridized carbons (Fsp3) is 0. The summed E-state index contributed by atoms with van der Waals surface area (Å²) in [5.74, 6) is 0. The van der Waals surface area contributed by atoms with Gasteiger partial charge in [0.05, 0.1) is 11.9 Å². The number of hydrogen-bond acceptors (Lipinski definition) is 3. The molecule has 1 aromatic carbocycles. The molecule has 1 heterocycles. The molecule has 2 aromatic rings. The molecule has 2 amide bonds. The van der Waals surface area contributed by atoms with E-state index in [4.69, 9.17) is 0 Å². The Morgan fingerprint density at radius 3 is 2.61 bits per heavy atom. The number of pyridine rings is 1. The molecule has 0 radical (unpaired) electrons. The highest BCUT2D eigenvalue weighted by atomic mass is 16.2. The van der Waals surface area contributed by atoms with Gasteiger partial charge in [0.25, 0.3) is 0 Å². The third-order valence-corrected chi connectivity index (χ3v) is 2.08. The molecule has 0 spiro atoms. The van der Waals surface area contributed by atoms with Crippen molar-refractivity contribution in [1.82, 2.24) is 10.4 Å². The Kier molecular flexibility index (Phi) is 4.02. The monoisotopic (exact) mass is 240 g/mol. The van der Waals surface area contributed by atoms with E-state index in [0.717, 1.165) is 0 Å². The number of amides is 2. The average Bonchev–Trinajstić information content (AvgIpc) is 2.41. The molecule has 90 valence electrons. The first kappa shape index (κ1) is 11.8. The summed E-state index contributed by atoms with van der Waals surface area (Å²) in [5.41, 5.74) is 3.75. The van der Waals surface area contributed by atoms with Gasteiger partial charge in [-0.15, -0.1) is 0 Å². The van der Waals surface area contributed by atoms with Crippen molar-refractivity contribution >= 4 is 17.9 Å². The molecule has 2 N–H and O–H groups in total. The lowest BCUT2D eigenvalue weighted by molar-refractivity contribution is 0.252. The third kappa shape index (κ3) is 3.71. The minimum Gasteiger partial charge on any atom is -0.307 e. The van der Waals surface area contributed by atoms with Crippen LogP contribution in [0.15, 0.2) is 59.8 Å². The van der Waals surface area contributed by atoms with Crippen LogP contribution in [0, 0.1) is 0 Å². The van der Waals surface area contributed by atoms with Gasteiger partial charge < -0.3 is 5.32 Å². The van der Waals surface area contributed by atoms with Crippen LogP contribution in [0.5, 0.6) is 0 Å². The van der Waals surface area contributed by atoms with Crippen molar-refractivity contribution in [1.29, 1.82) is 0 Å². The summed E-state index contributed by atoms with van der Waals surface area (Å²) in [5, 5.41) is 6.43. The lowest BCUT2D eigenvalue weighted by atomic mass is 10.3. The molecule has 1 aromatic heterocycles. The van der Waals surface area contributed by atoms with Crippen LogP contribution in [0.3, 0.4) is 0 Å². The van der Waals surface area contributed by atoms with Gasteiger partial charge in [-0.3, -0.25) is 4.98 Å². The summed E-state index contributed by atoms with van der Waals surface area (Å²) in [4.78, 5) is 15.5. The van der Waals surface area contributed by atoms with Crippen molar-refractivity contribution in [2.24, 2.45) is 5.10 Å².